The number of rotatable bonds is 5. The van der Waals surface area contributed by atoms with Crippen molar-refractivity contribution in [3.8, 4) is 0 Å². The average Bonchev–Trinajstić information content (AvgIpc) is 3.07. The van der Waals surface area contributed by atoms with Crippen molar-refractivity contribution in [2.75, 3.05) is 13.7 Å². The van der Waals surface area contributed by atoms with Gasteiger partial charge in [-0.25, -0.2) is 13.8 Å². The van der Waals surface area contributed by atoms with Crippen molar-refractivity contribution >= 4 is 5.91 Å². The van der Waals surface area contributed by atoms with Gasteiger partial charge in [0.25, 0.3) is 0 Å². The number of carbonyl (C=O) groups excluding carboxylic acids is 1. The lowest BCUT2D eigenvalue weighted by molar-refractivity contribution is -0.134. The molecule has 0 saturated carbocycles. The molecule has 0 bridgehead atoms. The Kier molecular flexibility index (Phi) is 5.37. The number of methoxy groups -OCH3 is 1. The molecule has 1 fully saturated rings. The van der Waals surface area contributed by atoms with E-state index in [-0.39, 0.29) is 23.9 Å². The second kappa shape index (κ2) is 7.69. The molecule has 1 aromatic carbocycles. The number of H-pyrrole nitrogens is 1. The number of ether oxygens (including phenoxy) is 1. The lowest BCUT2D eigenvalue weighted by Crippen LogP contribution is -2.40. The Morgan fingerprint density at radius 2 is 2.24 bits per heavy atom. The number of likely N-dealkylation sites (tertiary alicyclic amines) is 1. The highest BCUT2D eigenvalue weighted by atomic mass is 19.1. The first kappa shape index (κ1) is 17.5. The molecule has 0 spiro atoms. The number of nitrogens with zero attached hydrogens (tertiary/aromatic N) is 3. The van der Waals surface area contributed by atoms with Crippen LogP contribution in [0.3, 0.4) is 0 Å². The molecule has 0 unspecified atom stereocenters. The third-order valence-electron chi connectivity index (χ3n) is 4.30. The Morgan fingerprint density at radius 3 is 3.04 bits per heavy atom. The van der Waals surface area contributed by atoms with Crippen LogP contribution in [-0.2, 0) is 22.6 Å². The minimum atomic E-state index is -0.580. The van der Waals surface area contributed by atoms with E-state index in [1.54, 1.807) is 12.0 Å². The third-order valence-corrected chi connectivity index (χ3v) is 4.30. The molecular weight excluding hydrogens is 330 g/mol. The predicted molar refractivity (Wildman–Crippen MR) is 85.5 cm³/mol. The molecule has 1 atom stereocenters. The lowest BCUT2D eigenvalue weighted by atomic mass is 10.00. The van der Waals surface area contributed by atoms with Crippen LogP contribution in [0.15, 0.2) is 18.2 Å². The Balaban J connectivity index is 1.77. The van der Waals surface area contributed by atoms with E-state index >= 15 is 0 Å². The quantitative estimate of drug-likeness (QED) is 0.899. The number of halogens is 2. The zero-order valence-electron chi connectivity index (χ0n) is 14.0. The second-order valence-corrected chi connectivity index (χ2v) is 6.08. The van der Waals surface area contributed by atoms with Crippen LogP contribution in [0.25, 0.3) is 0 Å². The molecular formula is C17H20F2N4O2. The summed E-state index contributed by atoms with van der Waals surface area (Å²) in [6.45, 7) is 0.858. The SMILES string of the molecule is COCc1nc([C@H]2CCCCN2C(=O)Cc2cc(F)ccc2F)n[nH]1. The minimum absolute atomic E-state index is 0.0596. The van der Waals surface area contributed by atoms with Crippen molar-refractivity contribution in [2.24, 2.45) is 0 Å². The van der Waals surface area contributed by atoms with Crippen molar-refractivity contribution in [3.63, 3.8) is 0 Å². The number of carbonyl (C=O) groups is 1. The summed E-state index contributed by atoms with van der Waals surface area (Å²) in [6, 6.07) is 2.88. The van der Waals surface area contributed by atoms with Crippen LogP contribution in [0.4, 0.5) is 8.78 Å². The van der Waals surface area contributed by atoms with Gasteiger partial charge in [0.1, 0.15) is 18.2 Å². The lowest BCUT2D eigenvalue weighted by Gasteiger charge is -2.34. The fourth-order valence-corrected chi connectivity index (χ4v) is 3.10. The Hall–Kier alpha value is -2.35. The number of nitrogens with one attached hydrogen (secondary N) is 1. The van der Waals surface area contributed by atoms with Gasteiger partial charge in [-0.2, -0.15) is 5.10 Å². The number of hydrogen-bond donors (Lipinski definition) is 1. The van der Waals surface area contributed by atoms with Gasteiger partial charge in [0.2, 0.25) is 5.91 Å². The number of benzene rings is 1. The van der Waals surface area contributed by atoms with Gasteiger partial charge in [-0.3, -0.25) is 9.89 Å². The number of hydrogen-bond acceptors (Lipinski definition) is 4. The molecule has 25 heavy (non-hydrogen) atoms. The van der Waals surface area contributed by atoms with Crippen LogP contribution < -0.4 is 0 Å². The van der Waals surface area contributed by atoms with Crippen molar-refractivity contribution < 1.29 is 18.3 Å². The fourth-order valence-electron chi connectivity index (χ4n) is 3.10. The topological polar surface area (TPSA) is 71.1 Å². The fraction of sp³-hybridized carbons (Fsp3) is 0.471. The highest BCUT2D eigenvalue weighted by Gasteiger charge is 2.31. The van der Waals surface area contributed by atoms with Crippen LogP contribution in [0.2, 0.25) is 0 Å². The summed E-state index contributed by atoms with van der Waals surface area (Å²) < 4.78 is 32.2. The van der Waals surface area contributed by atoms with E-state index in [9.17, 15) is 13.6 Å². The Labute approximate surface area is 144 Å². The van der Waals surface area contributed by atoms with Gasteiger partial charge in [0.05, 0.1) is 12.5 Å². The standard InChI is InChI=1S/C17H20F2N4O2/c1-25-10-15-20-17(22-21-15)14-4-2-3-7-23(14)16(24)9-11-8-12(18)5-6-13(11)19/h5-6,8,14H,2-4,7,9-10H2,1H3,(H,20,21,22)/t14-/m1/s1. The molecule has 2 aromatic rings. The minimum Gasteiger partial charge on any atom is -0.377 e. The highest BCUT2D eigenvalue weighted by Crippen LogP contribution is 2.29. The summed E-state index contributed by atoms with van der Waals surface area (Å²) in [6.07, 6.45) is 2.37. The summed E-state index contributed by atoms with van der Waals surface area (Å²) in [4.78, 5) is 18.7. The number of aromatic nitrogens is 3. The molecule has 1 N–H and O–H groups in total. The van der Waals surface area contributed by atoms with Crippen molar-refractivity contribution in [3.05, 3.63) is 47.0 Å². The molecule has 0 radical (unpaired) electrons. The van der Waals surface area contributed by atoms with Crippen molar-refractivity contribution in [1.29, 1.82) is 0 Å². The van der Waals surface area contributed by atoms with Crippen LogP contribution >= 0.6 is 0 Å². The van der Waals surface area contributed by atoms with E-state index in [2.05, 4.69) is 15.2 Å². The largest absolute Gasteiger partial charge is 0.377 e. The van der Waals surface area contributed by atoms with Crippen LogP contribution in [0.1, 0.15) is 42.5 Å². The molecule has 2 heterocycles. The molecule has 1 saturated heterocycles. The van der Waals surface area contributed by atoms with E-state index < -0.39 is 11.6 Å². The van der Waals surface area contributed by atoms with Gasteiger partial charge < -0.3 is 9.64 Å². The summed E-state index contributed by atoms with van der Waals surface area (Å²) in [5.74, 6) is -0.278. The van der Waals surface area contributed by atoms with Crippen molar-refractivity contribution in [1.82, 2.24) is 20.1 Å². The molecule has 3 rings (SSSR count). The average molecular weight is 350 g/mol. The number of aromatic amines is 1. The van der Waals surface area contributed by atoms with Gasteiger partial charge >= 0.3 is 0 Å². The number of piperidine rings is 1. The van der Waals surface area contributed by atoms with Gasteiger partial charge in [-0.15, -0.1) is 0 Å². The first-order valence-corrected chi connectivity index (χ1v) is 8.22. The second-order valence-electron chi connectivity index (χ2n) is 6.08. The zero-order chi connectivity index (χ0) is 17.8. The molecule has 1 aromatic heterocycles. The summed E-state index contributed by atoms with van der Waals surface area (Å²) in [5, 5.41) is 6.98. The van der Waals surface area contributed by atoms with Crippen molar-refractivity contribution in [2.45, 2.75) is 38.3 Å². The smallest absolute Gasteiger partial charge is 0.227 e. The van der Waals surface area contributed by atoms with Crippen LogP contribution in [0, 0.1) is 11.6 Å². The van der Waals surface area contributed by atoms with Gasteiger partial charge in [0.15, 0.2) is 11.6 Å². The maximum absolute atomic E-state index is 13.8. The number of amides is 1. The third kappa shape index (κ3) is 4.01. The molecule has 134 valence electrons. The maximum Gasteiger partial charge on any atom is 0.227 e. The molecule has 6 nitrogen and oxygen atoms in total. The van der Waals surface area contributed by atoms with Crippen LogP contribution in [0.5, 0.6) is 0 Å². The monoisotopic (exact) mass is 350 g/mol. The Bertz CT molecular complexity index is 750. The van der Waals surface area contributed by atoms with E-state index in [1.807, 2.05) is 0 Å². The van der Waals surface area contributed by atoms with E-state index in [1.165, 1.54) is 0 Å². The van der Waals surface area contributed by atoms with E-state index in [0.29, 0.717) is 24.8 Å². The van der Waals surface area contributed by atoms with Gasteiger partial charge in [0, 0.05) is 19.2 Å². The first-order valence-electron chi connectivity index (χ1n) is 8.22. The molecule has 1 aliphatic heterocycles. The summed E-state index contributed by atoms with van der Waals surface area (Å²) >= 11 is 0. The molecule has 8 heteroatoms. The predicted octanol–water partition coefficient (Wildman–Crippen LogP) is 2.53. The Morgan fingerprint density at radius 1 is 1.40 bits per heavy atom. The molecule has 1 amide bonds. The van der Waals surface area contributed by atoms with E-state index in [0.717, 1.165) is 37.5 Å². The van der Waals surface area contributed by atoms with Gasteiger partial charge in [-0.05, 0) is 37.5 Å². The zero-order valence-corrected chi connectivity index (χ0v) is 14.0. The summed E-state index contributed by atoms with van der Waals surface area (Å²) in [5.41, 5.74) is 0.0596. The maximum atomic E-state index is 13.8. The summed E-state index contributed by atoms with van der Waals surface area (Å²) in [7, 11) is 1.56. The van der Waals surface area contributed by atoms with E-state index in [4.69, 9.17) is 4.74 Å². The van der Waals surface area contributed by atoms with Crippen LogP contribution in [-0.4, -0.2) is 39.6 Å². The molecule has 1 aliphatic rings. The first-order chi connectivity index (χ1) is 12.1. The normalized spacial score (nSPS) is 17.7. The molecule has 0 aliphatic carbocycles. The highest BCUT2D eigenvalue weighted by molar-refractivity contribution is 5.79. The van der Waals surface area contributed by atoms with Gasteiger partial charge in [-0.1, -0.05) is 0 Å².